The predicted octanol–water partition coefficient (Wildman–Crippen LogP) is 0.310. The summed E-state index contributed by atoms with van der Waals surface area (Å²) in [7, 11) is 0. The zero-order valence-corrected chi connectivity index (χ0v) is 9.21. The van der Waals surface area contributed by atoms with Gasteiger partial charge in [0.1, 0.15) is 0 Å². The number of esters is 1. The van der Waals surface area contributed by atoms with Crippen molar-refractivity contribution in [1.82, 2.24) is 9.97 Å². The number of H-pyrrole nitrogens is 1. The number of carbonyl (C=O) groups is 2. The zero-order valence-electron chi connectivity index (χ0n) is 9.21. The number of nitrogen functional groups attached to an aromatic ring is 1. The predicted molar refractivity (Wildman–Crippen MR) is 62.9 cm³/mol. The van der Waals surface area contributed by atoms with Crippen molar-refractivity contribution in [3.8, 4) is 5.88 Å². The van der Waals surface area contributed by atoms with Crippen molar-refractivity contribution in [2.24, 2.45) is 5.73 Å². The highest BCUT2D eigenvalue weighted by molar-refractivity contribution is 5.96. The first-order valence-electron chi connectivity index (χ1n) is 4.99. The molecule has 2 rings (SSSR count). The second-order valence-electron chi connectivity index (χ2n) is 3.46. The van der Waals surface area contributed by atoms with Gasteiger partial charge in [0.15, 0.2) is 5.69 Å². The minimum absolute atomic E-state index is 0.0567. The van der Waals surface area contributed by atoms with Crippen molar-refractivity contribution in [3.63, 3.8) is 0 Å². The highest BCUT2D eigenvalue weighted by Crippen LogP contribution is 2.14. The van der Waals surface area contributed by atoms with Gasteiger partial charge in [0.25, 0.3) is 11.8 Å². The van der Waals surface area contributed by atoms with Gasteiger partial charge in [-0.25, -0.2) is 9.78 Å². The molecule has 0 atom stereocenters. The number of nitrogens with zero attached hydrogens (tertiary/aromatic N) is 1. The lowest BCUT2D eigenvalue weighted by Gasteiger charge is -2.02. The van der Waals surface area contributed by atoms with Crippen molar-refractivity contribution < 1.29 is 14.3 Å². The van der Waals surface area contributed by atoms with Crippen LogP contribution in [0.5, 0.6) is 5.88 Å². The van der Waals surface area contributed by atoms with Gasteiger partial charge in [0.2, 0.25) is 0 Å². The van der Waals surface area contributed by atoms with Gasteiger partial charge in [-0.15, -0.1) is 0 Å². The van der Waals surface area contributed by atoms with Gasteiger partial charge in [-0.3, -0.25) is 4.79 Å². The molecule has 0 radical (unpaired) electrons. The molecule has 1 aromatic carbocycles. The van der Waals surface area contributed by atoms with Crippen LogP contribution in [0.3, 0.4) is 0 Å². The van der Waals surface area contributed by atoms with Crippen molar-refractivity contribution in [2.45, 2.75) is 0 Å². The first kappa shape index (κ1) is 11.6. The third-order valence-electron chi connectivity index (χ3n) is 2.19. The van der Waals surface area contributed by atoms with Gasteiger partial charge in [0.05, 0.1) is 11.9 Å². The van der Waals surface area contributed by atoms with Crippen LogP contribution in [0.15, 0.2) is 30.6 Å². The Morgan fingerprint density at radius 1 is 1.22 bits per heavy atom. The third kappa shape index (κ3) is 2.29. The van der Waals surface area contributed by atoms with E-state index in [0.29, 0.717) is 11.3 Å². The zero-order chi connectivity index (χ0) is 13.1. The first-order chi connectivity index (χ1) is 8.58. The molecule has 0 aliphatic carbocycles. The molecule has 0 saturated carbocycles. The maximum absolute atomic E-state index is 11.7. The minimum atomic E-state index is -0.757. The Labute approximate surface area is 102 Å². The fraction of sp³-hybridized carbons (Fsp3) is 0. The monoisotopic (exact) mass is 246 g/mol. The number of aromatic amines is 1. The molecule has 0 aliphatic heterocycles. The molecule has 1 heterocycles. The van der Waals surface area contributed by atoms with Crippen LogP contribution in [0.2, 0.25) is 0 Å². The van der Waals surface area contributed by atoms with Gasteiger partial charge < -0.3 is 21.2 Å². The summed E-state index contributed by atoms with van der Waals surface area (Å²) in [5.74, 6) is -1.55. The molecule has 5 N–H and O–H groups in total. The van der Waals surface area contributed by atoms with Crippen LogP contribution < -0.4 is 16.2 Å². The van der Waals surface area contributed by atoms with E-state index in [1.807, 2.05) is 0 Å². The maximum Gasteiger partial charge on any atom is 0.344 e. The van der Waals surface area contributed by atoms with Crippen molar-refractivity contribution in [1.29, 1.82) is 0 Å². The number of imidazole rings is 1. The van der Waals surface area contributed by atoms with Gasteiger partial charge in [-0.1, -0.05) is 0 Å². The van der Waals surface area contributed by atoms with E-state index in [1.54, 1.807) is 12.1 Å². The molecular weight excluding hydrogens is 236 g/mol. The van der Waals surface area contributed by atoms with Crippen LogP contribution in [-0.4, -0.2) is 21.8 Å². The summed E-state index contributed by atoms with van der Waals surface area (Å²) in [6.07, 6.45) is 1.21. The van der Waals surface area contributed by atoms with Crippen LogP contribution >= 0.6 is 0 Å². The normalized spacial score (nSPS) is 10.0. The summed E-state index contributed by atoms with van der Waals surface area (Å²) in [5.41, 5.74) is 11.3. The first-order valence-corrected chi connectivity index (χ1v) is 4.99. The number of hydrogen-bond donors (Lipinski definition) is 3. The van der Waals surface area contributed by atoms with E-state index in [9.17, 15) is 9.59 Å². The summed E-state index contributed by atoms with van der Waals surface area (Å²) in [6.45, 7) is 0. The van der Waals surface area contributed by atoms with Crippen molar-refractivity contribution in [3.05, 3.63) is 41.9 Å². The van der Waals surface area contributed by atoms with E-state index >= 15 is 0 Å². The number of nitrogens with one attached hydrogen (secondary N) is 1. The molecule has 7 nitrogen and oxygen atoms in total. The van der Waals surface area contributed by atoms with Gasteiger partial charge in [0, 0.05) is 5.69 Å². The highest BCUT2D eigenvalue weighted by atomic mass is 16.5. The van der Waals surface area contributed by atoms with Crippen molar-refractivity contribution in [2.75, 3.05) is 5.73 Å². The lowest BCUT2D eigenvalue weighted by atomic mass is 10.2. The molecule has 0 unspecified atom stereocenters. The summed E-state index contributed by atoms with van der Waals surface area (Å²) in [5, 5.41) is 0. The quantitative estimate of drug-likeness (QED) is 0.531. The second kappa shape index (κ2) is 4.58. The molecule has 0 saturated heterocycles. The van der Waals surface area contributed by atoms with Crippen LogP contribution in [0.25, 0.3) is 0 Å². The van der Waals surface area contributed by atoms with E-state index in [1.165, 1.54) is 18.5 Å². The topological polar surface area (TPSA) is 124 Å². The Morgan fingerprint density at radius 2 is 1.89 bits per heavy atom. The molecular formula is C11H10N4O3. The summed E-state index contributed by atoms with van der Waals surface area (Å²) in [6, 6.07) is 6.15. The number of primary amides is 1. The van der Waals surface area contributed by atoms with E-state index in [-0.39, 0.29) is 11.6 Å². The largest absolute Gasteiger partial charge is 0.401 e. The van der Waals surface area contributed by atoms with E-state index in [4.69, 9.17) is 16.2 Å². The number of rotatable bonds is 3. The SMILES string of the molecule is NC(=O)c1[nH]cnc1OC(=O)c1ccc(N)cc1. The second-order valence-corrected chi connectivity index (χ2v) is 3.46. The molecule has 2 aromatic rings. The summed E-state index contributed by atoms with van der Waals surface area (Å²) < 4.78 is 4.95. The maximum atomic E-state index is 11.7. The van der Waals surface area contributed by atoms with Gasteiger partial charge >= 0.3 is 5.97 Å². The van der Waals surface area contributed by atoms with E-state index in [2.05, 4.69) is 9.97 Å². The number of nitrogens with two attached hydrogens (primary N) is 2. The number of carbonyl (C=O) groups excluding carboxylic acids is 2. The molecule has 0 spiro atoms. The Balaban J connectivity index is 2.19. The Kier molecular flexibility index (Phi) is 2.96. The smallest absolute Gasteiger partial charge is 0.344 e. The lowest BCUT2D eigenvalue weighted by Crippen LogP contribution is -2.16. The molecule has 1 aromatic heterocycles. The van der Waals surface area contributed by atoms with Crippen LogP contribution in [0.1, 0.15) is 20.8 Å². The number of aromatic nitrogens is 2. The molecule has 0 bridgehead atoms. The van der Waals surface area contributed by atoms with Crippen molar-refractivity contribution >= 4 is 17.6 Å². The Hall–Kier alpha value is -2.83. The highest BCUT2D eigenvalue weighted by Gasteiger charge is 2.17. The average Bonchev–Trinajstić information content (AvgIpc) is 2.78. The standard InChI is InChI=1S/C11H10N4O3/c12-7-3-1-6(2-4-7)11(17)18-10-8(9(13)16)14-5-15-10/h1-5H,12H2,(H2,13,16)(H,14,15). The fourth-order valence-corrected chi connectivity index (χ4v) is 1.30. The Bertz CT molecular complexity index is 589. The molecule has 0 aliphatic rings. The molecule has 1 amide bonds. The summed E-state index contributed by atoms with van der Waals surface area (Å²) >= 11 is 0. The Morgan fingerprint density at radius 3 is 2.50 bits per heavy atom. The molecule has 18 heavy (non-hydrogen) atoms. The van der Waals surface area contributed by atoms with Crippen LogP contribution in [0.4, 0.5) is 5.69 Å². The van der Waals surface area contributed by atoms with E-state index in [0.717, 1.165) is 0 Å². The van der Waals surface area contributed by atoms with E-state index < -0.39 is 11.9 Å². The third-order valence-corrected chi connectivity index (χ3v) is 2.19. The summed E-state index contributed by atoms with van der Waals surface area (Å²) in [4.78, 5) is 28.9. The molecule has 0 fully saturated rings. The number of ether oxygens (including phenoxy) is 1. The van der Waals surface area contributed by atoms with Gasteiger partial charge in [-0.05, 0) is 24.3 Å². The number of amides is 1. The number of anilines is 1. The van der Waals surface area contributed by atoms with Crippen LogP contribution in [0, 0.1) is 0 Å². The average molecular weight is 246 g/mol. The van der Waals surface area contributed by atoms with Crippen LogP contribution in [-0.2, 0) is 0 Å². The lowest BCUT2D eigenvalue weighted by molar-refractivity contribution is 0.0726. The molecule has 92 valence electrons. The molecule has 7 heteroatoms. The minimum Gasteiger partial charge on any atom is -0.401 e. The fourth-order valence-electron chi connectivity index (χ4n) is 1.30. The number of hydrogen-bond acceptors (Lipinski definition) is 5. The van der Waals surface area contributed by atoms with Gasteiger partial charge in [-0.2, -0.15) is 0 Å². The number of benzene rings is 1.